The molecule has 1 aliphatic carbocycles. The maximum absolute atomic E-state index is 12.4. The lowest BCUT2D eigenvalue weighted by molar-refractivity contribution is -0.115. The second-order valence-corrected chi connectivity index (χ2v) is 7.53. The Morgan fingerprint density at radius 1 is 1.13 bits per heavy atom. The molecule has 31 heavy (non-hydrogen) atoms. The van der Waals surface area contributed by atoms with Crippen LogP contribution >= 0.6 is 0 Å². The number of carbonyl (C=O) groups excluding carboxylic acids is 1. The molecule has 0 spiro atoms. The second kappa shape index (κ2) is 7.71. The quantitative estimate of drug-likeness (QED) is 0.520. The first-order chi connectivity index (χ1) is 15.1. The molecule has 0 saturated heterocycles. The van der Waals surface area contributed by atoms with Crippen molar-refractivity contribution in [3.05, 3.63) is 65.9 Å². The van der Waals surface area contributed by atoms with Gasteiger partial charge in [0, 0.05) is 22.8 Å². The number of aromatic nitrogens is 4. The molecule has 0 atom stereocenters. The monoisotopic (exact) mass is 414 g/mol. The molecule has 0 fully saturated rings. The standard InChI is InChI=1S/C23H22N6O2/c1-31-17-10-7-15(25-12-17)11-20(30)28-14-5-8-16(9-6-14)29-19-4-2-3-18(19)21-22(29)23(24)27-13-26-21/h5-10,12-13H,2-4,11H2,1H3,(H,28,30)(H2,24,26,27). The zero-order valence-corrected chi connectivity index (χ0v) is 17.1. The van der Waals surface area contributed by atoms with Gasteiger partial charge in [-0.2, -0.15) is 0 Å². The molecule has 4 aromatic rings. The molecule has 3 N–H and O–H groups in total. The van der Waals surface area contributed by atoms with E-state index >= 15 is 0 Å². The highest BCUT2D eigenvalue weighted by molar-refractivity contribution is 5.93. The number of methoxy groups -OCH3 is 1. The predicted octanol–water partition coefficient (Wildman–Crippen LogP) is 3.08. The van der Waals surface area contributed by atoms with Crippen molar-refractivity contribution < 1.29 is 9.53 Å². The van der Waals surface area contributed by atoms with Crippen LogP contribution in [0.25, 0.3) is 16.7 Å². The van der Waals surface area contributed by atoms with Gasteiger partial charge in [-0.1, -0.05) is 0 Å². The zero-order valence-electron chi connectivity index (χ0n) is 17.1. The number of nitrogen functional groups attached to an aromatic ring is 1. The minimum atomic E-state index is -0.129. The Hall–Kier alpha value is -3.94. The summed E-state index contributed by atoms with van der Waals surface area (Å²) in [7, 11) is 1.58. The number of pyridine rings is 1. The third kappa shape index (κ3) is 3.46. The number of ether oxygens (including phenoxy) is 1. The van der Waals surface area contributed by atoms with Gasteiger partial charge in [0.2, 0.25) is 5.91 Å². The number of amides is 1. The van der Waals surface area contributed by atoms with Crippen molar-refractivity contribution in [2.45, 2.75) is 25.7 Å². The molecule has 1 aliphatic rings. The number of rotatable bonds is 5. The largest absolute Gasteiger partial charge is 0.495 e. The molecular formula is C23H22N6O2. The molecule has 0 bridgehead atoms. The molecular weight excluding hydrogens is 392 g/mol. The van der Waals surface area contributed by atoms with Gasteiger partial charge in [-0.15, -0.1) is 0 Å². The Morgan fingerprint density at radius 3 is 2.71 bits per heavy atom. The number of aryl methyl sites for hydroxylation is 1. The molecule has 0 aliphatic heterocycles. The molecule has 8 nitrogen and oxygen atoms in total. The number of anilines is 2. The molecule has 5 rings (SSSR count). The highest BCUT2D eigenvalue weighted by atomic mass is 16.5. The average molecular weight is 414 g/mol. The highest BCUT2D eigenvalue weighted by Gasteiger charge is 2.25. The fourth-order valence-corrected chi connectivity index (χ4v) is 4.18. The first kappa shape index (κ1) is 19.0. The van der Waals surface area contributed by atoms with Crippen LogP contribution in [0.5, 0.6) is 5.75 Å². The van der Waals surface area contributed by atoms with Gasteiger partial charge in [0.1, 0.15) is 17.6 Å². The number of hydrogen-bond acceptors (Lipinski definition) is 6. The summed E-state index contributed by atoms with van der Waals surface area (Å²) in [5, 5.41) is 2.92. The number of nitrogens with one attached hydrogen (secondary N) is 1. The fraction of sp³-hybridized carbons (Fsp3) is 0.217. The molecule has 156 valence electrons. The van der Waals surface area contributed by atoms with Crippen LogP contribution in [0, 0.1) is 0 Å². The van der Waals surface area contributed by atoms with Gasteiger partial charge >= 0.3 is 0 Å². The summed E-state index contributed by atoms with van der Waals surface area (Å²) in [5.74, 6) is 1.01. The van der Waals surface area contributed by atoms with Crippen molar-refractivity contribution >= 4 is 28.4 Å². The highest BCUT2D eigenvalue weighted by Crippen LogP contribution is 2.36. The van der Waals surface area contributed by atoms with Gasteiger partial charge in [0.15, 0.2) is 5.82 Å². The topological polar surface area (TPSA) is 108 Å². The van der Waals surface area contributed by atoms with E-state index in [9.17, 15) is 4.79 Å². The lowest BCUT2D eigenvalue weighted by Gasteiger charge is -2.12. The minimum Gasteiger partial charge on any atom is -0.495 e. The van der Waals surface area contributed by atoms with Crippen LogP contribution in [0.2, 0.25) is 0 Å². The first-order valence-electron chi connectivity index (χ1n) is 10.2. The van der Waals surface area contributed by atoms with Gasteiger partial charge in [0.05, 0.1) is 25.2 Å². The number of carbonyl (C=O) groups is 1. The molecule has 3 aromatic heterocycles. The summed E-state index contributed by atoms with van der Waals surface area (Å²) < 4.78 is 7.25. The molecule has 0 radical (unpaired) electrons. The van der Waals surface area contributed by atoms with E-state index < -0.39 is 0 Å². The van der Waals surface area contributed by atoms with E-state index in [1.165, 1.54) is 17.6 Å². The SMILES string of the molecule is COc1ccc(CC(=O)Nc2ccc(-n3c4c(c5ncnc(N)c53)CCC4)cc2)nc1. The maximum atomic E-state index is 12.4. The van der Waals surface area contributed by atoms with E-state index in [0.717, 1.165) is 41.7 Å². The number of benzene rings is 1. The Kier molecular flexibility index (Phi) is 4.74. The van der Waals surface area contributed by atoms with Crippen molar-refractivity contribution in [2.75, 3.05) is 18.2 Å². The summed E-state index contributed by atoms with van der Waals surface area (Å²) in [6.07, 6.45) is 6.41. The Morgan fingerprint density at radius 2 is 1.97 bits per heavy atom. The predicted molar refractivity (Wildman–Crippen MR) is 118 cm³/mol. The summed E-state index contributed by atoms with van der Waals surface area (Å²) >= 11 is 0. The van der Waals surface area contributed by atoms with Crippen LogP contribution in [-0.4, -0.2) is 32.5 Å². The number of hydrogen-bond donors (Lipinski definition) is 2. The smallest absolute Gasteiger partial charge is 0.230 e. The van der Waals surface area contributed by atoms with Crippen LogP contribution < -0.4 is 15.8 Å². The number of nitrogens with two attached hydrogens (primary N) is 1. The average Bonchev–Trinajstić information content (AvgIpc) is 3.37. The lowest BCUT2D eigenvalue weighted by atomic mass is 10.2. The summed E-state index contributed by atoms with van der Waals surface area (Å²) in [6.45, 7) is 0. The molecule has 3 heterocycles. The van der Waals surface area contributed by atoms with Crippen LogP contribution in [0.3, 0.4) is 0 Å². The van der Waals surface area contributed by atoms with E-state index in [1.54, 1.807) is 25.4 Å². The van der Waals surface area contributed by atoms with Gasteiger partial charge in [0.25, 0.3) is 0 Å². The maximum Gasteiger partial charge on any atom is 0.230 e. The van der Waals surface area contributed by atoms with E-state index in [-0.39, 0.29) is 12.3 Å². The third-order valence-electron chi connectivity index (χ3n) is 5.60. The van der Waals surface area contributed by atoms with Crippen molar-refractivity contribution in [1.29, 1.82) is 0 Å². The van der Waals surface area contributed by atoms with E-state index in [1.807, 2.05) is 24.3 Å². The molecule has 0 saturated carbocycles. The number of nitrogens with zero attached hydrogens (tertiary/aromatic N) is 4. The van der Waals surface area contributed by atoms with E-state index in [4.69, 9.17) is 10.5 Å². The summed E-state index contributed by atoms with van der Waals surface area (Å²) in [6, 6.07) is 11.3. The van der Waals surface area contributed by atoms with Gasteiger partial charge < -0.3 is 20.4 Å². The molecule has 8 heteroatoms. The first-order valence-corrected chi connectivity index (χ1v) is 10.2. The van der Waals surface area contributed by atoms with Crippen LogP contribution in [0.1, 0.15) is 23.4 Å². The van der Waals surface area contributed by atoms with Gasteiger partial charge in [-0.3, -0.25) is 9.78 Å². The molecule has 1 aromatic carbocycles. The normalized spacial score (nSPS) is 12.7. The van der Waals surface area contributed by atoms with Crippen molar-refractivity contribution in [1.82, 2.24) is 19.5 Å². The molecule has 0 unspecified atom stereocenters. The van der Waals surface area contributed by atoms with Crippen LogP contribution in [-0.2, 0) is 24.1 Å². The van der Waals surface area contributed by atoms with Crippen molar-refractivity contribution in [3.63, 3.8) is 0 Å². The lowest BCUT2D eigenvalue weighted by Crippen LogP contribution is -2.15. The fourth-order valence-electron chi connectivity index (χ4n) is 4.18. The summed E-state index contributed by atoms with van der Waals surface area (Å²) in [4.78, 5) is 25.3. The number of fused-ring (bicyclic) bond motifs is 3. The van der Waals surface area contributed by atoms with Gasteiger partial charge in [-0.25, -0.2) is 9.97 Å². The second-order valence-electron chi connectivity index (χ2n) is 7.53. The van der Waals surface area contributed by atoms with E-state index in [2.05, 4.69) is 24.8 Å². The Bertz CT molecular complexity index is 1260. The Balaban J connectivity index is 1.38. The van der Waals surface area contributed by atoms with E-state index in [0.29, 0.717) is 17.3 Å². The third-order valence-corrected chi connectivity index (χ3v) is 5.60. The minimum absolute atomic E-state index is 0.129. The molecule has 1 amide bonds. The zero-order chi connectivity index (χ0) is 21.4. The summed E-state index contributed by atoms with van der Waals surface area (Å²) in [5.41, 5.74) is 12.9. The van der Waals surface area contributed by atoms with Gasteiger partial charge in [-0.05, 0) is 61.2 Å². The van der Waals surface area contributed by atoms with Crippen LogP contribution in [0.15, 0.2) is 48.9 Å². The van der Waals surface area contributed by atoms with Crippen molar-refractivity contribution in [3.8, 4) is 11.4 Å². The van der Waals surface area contributed by atoms with Crippen LogP contribution in [0.4, 0.5) is 11.5 Å². The van der Waals surface area contributed by atoms with Crippen molar-refractivity contribution in [2.24, 2.45) is 0 Å². The Labute approximate surface area is 179 Å².